The number of rotatable bonds is 7. The van der Waals surface area contributed by atoms with Crippen LogP contribution >= 0.6 is 12.4 Å². The Morgan fingerprint density at radius 2 is 2.22 bits per heavy atom. The highest BCUT2D eigenvalue weighted by atomic mass is 35.5. The molecule has 1 aromatic carbocycles. The van der Waals surface area contributed by atoms with Crippen molar-refractivity contribution in [2.75, 3.05) is 45.2 Å². The van der Waals surface area contributed by atoms with Gasteiger partial charge in [0.2, 0.25) is 5.91 Å². The average molecular weight is 342 g/mol. The summed E-state index contributed by atoms with van der Waals surface area (Å²) in [5.74, 6) is 1.35. The minimum atomic E-state index is 0. The van der Waals surface area contributed by atoms with Gasteiger partial charge in [0.15, 0.2) is 0 Å². The summed E-state index contributed by atoms with van der Waals surface area (Å²) in [6.07, 6.45) is 2.48. The highest BCUT2D eigenvalue weighted by Gasteiger charge is 2.18. The number of carbonyl (C=O) groups excluding carboxylic acids is 1. The molecule has 1 amide bonds. The molecule has 1 fully saturated rings. The molecule has 1 saturated heterocycles. The number of ether oxygens (including phenoxy) is 1. The molecule has 0 saturated carbocycles. The van der Waals surface area contributed by atoms with Gasteiger partial charge in [-0.1, -0.05) is 19.1 Å². The smallest absolute Gasteiger partial charge is 0.238 e. The lowest BCUT2D eigenvalue weighted by Gasteiger charge is -2.29. The summed E-state index contributed by atoms with van der Waals surface area (Å²) in [7, 11) is 1.61. The fourth-order valence-electron chi connectivity index (χ4n) is 2.89. The lowest BCUT2D eigenvalue weighted by atomic mass is 9.99. The highest BCUT2D eigenvalue weighted by molar-refractivity contribution is 5.93. The van der Waals surface area contributed by atoms with E-state index in [0.717, 1.165) is 31.9 Å². The molecule has 1 atom stereocenters. The van der Waals surface area contributed by atoms with Gasteiger partial charge >= 0.3 is 0 Å². The number of halogens is 1. The highest BCUT2D eigenvalue weighted by Crippen LogP contribution is 2.22. The van der Waals surface area contributed by atoms with Crippen molar-refractivity contribution in [1.82, 2.24) is 10.2 Å². The van der Waals surface area contributed by atoms with Crippen LogP contribution in [0.5, 0.6) is 5.75 Å². The second-order valence-electron chi connectivity index (χ2n) is 5.79. The quantitative estimate of drug-likeness (QED) is 0.799. The topological polar surface area (TPSA) is 53.6 Å². The molecule has 1 aliphatic heterocycles. The SMILES string of the molecule is CCN(CC(=O)Nc1ccccc1OC)CC1CCCNC1.Cl. The van der Waals surface area contributed by atoms with Crippen molar-refractivity contribution in [3.63, 3.8) is 0 Å². The van der Waals surface area contributed by atoms with Gasteiger partial charge in [0.25, 0.3) is 0 Å². The number of nitrogens with zero attached hydrogens (tertiary/aromatic N) is 1. The lowest BCUT2D eigenvalue weighted by molar-refractivity contribution is -0.117. The van der Waals surface area contributed by atoms with E-state index in [4.69, 9.17) is 4.74 Å². The number of benzene rings is 1. The summed E-state index contributed by atoms with van der Waals surface area (Å²) < 4.78 is 5.26. The molecule has 5 nitrogen and oxygen atoms in total. The molecule has 1 unspecified atom stereocenters. The number of methoxy groups -OCH3 is 1. The van der Waals surface area contributed by atoms with Crippen LogP contribution in [0.3, 0.4) is 0 Å². The third kappa shape index (κ3) is 6.37. The van der Waals surface area contributed by atoms with Crippen molar-refractivity contribution in [2.24, 2.45) is 5.92 Å². The summed E-state index contributed by atoms with van der Waals surface area (Å²) in [4.78, 5) is 14.5. The van der Waals surface area contributed by atoms with Gasteiger partial charge in [-0.2, -0.15) is 0 Å². The van der Waals surface area contributed by atoms with E-state index in [0.29, 0.717) is 18.2 Å². The van der Waals surface area contributed by atoms with E-state index in [1.54, 1.807) is 7.11 Å². The van der Waals surface area contributed by atoms with Gasteiger partial charge in [-0.05, 0) is 50.5 Å². The minimum absolute atomic E-state index is 0. The third-order valence-electron chi connectivity index (χ3n) is 4.11. The summed E-state index contributed by atoms with van der Waals surface area (Å²) in [5.41, 5.74) is 0.727. The van der Waals surface area contributed by atoms with Crippen molar-refractivity contribution in [3.05, 3.63) is 24.3 Å². The number of carbonyl (C=O) groups is 1. The number of likely N-dealkylation sites (N-methyl/N-ethyl adjacent to an activating group) is 1. The van der Waals surface area contributed by atoms with Gasteiger partial charge in [-0.3, -0.25) is 9.69 Å². The lowest BCUT2D eigenvalue weighted by Crippen LogP contribution is -2.41. The minimum Gasteiger partial charge on any atom is -0.495 e. The Morgan fingerprint density at radius 1 is 1.43 bits per heavy atom. The van der Waals surface area contributed by atoms with Crippen LogP contribution in [0, 0.1) is 5.92 Å². The third-order valence-corrected chi connectivity index (χ3v) is 4.11. The fraction of sp³-hybridized carbons (Fsp3) is 0.588. The number of para-hydroxylation sites is 2. The monoisotopic (exact) mass is 341 g/mol. The first-order valence-electron chi connectivity index (χ1n) is 8.09. The zero-order chi connectivity index (χ0) is 15.8. The van der Waals surface area contributed by atoms with Gasteiger partial charge in [-0.25, -0.2) is 0 Å². The van der Waals surface area contributed by atoms with Crippen LogP contribution in [0.4, 0.5) is 5.69 Å². The maximum Gasteiger partial charge on any atom is 0.238 e. The molecule has 2 N–H and O–H groups in total. The molecule has 23 heavy (non-hydrogen) atoms. The molecule has 1 aromatic rings. The van der Waals surface area contributed by atoms with Gasteiger partial charge in [0.05, 0.1) is 19.3 Å². The largest absolute Gasteiger partial charge is 0.495 e. The molecule has 6 heteroatoms. The molecule has 0 aromatic heterocycles. The zero-order valence-corrected chi connectivity index (χ0v) is 14.8. The number of nitrogens with one attached hydrogen (secondary N) is 2. The van der Waals surface area contributed by atoms with Gasteiger partial charge in [0, 0.05) is 6.54 Å². The predicted octanol–water partition coefficient (Wildman–Crippen LogP) is 2.38. The van der Waals surface area contributed by atoms with Crippen LogP contribution in [0.2, 0.25) is 0 Å². The first-order chi connectivity index (χ1) is 10.7. The van der Waals surface area contributed by atoms with Crippen molar-refractivity contribution in [2.45, 2.75) is 19.8 Å². The Balaban J connectivity index is 0.00000264. The molecule has 0 spiro atoms. The molecule has 130 valence electrons. The maximum absolute atomic E-state index is 12.3. The van der Waals surface area contributed by atoms with Crippen LogP contribution in [-0.4, -0.2) is 50.6 Å². The summed E-state index contributed by atoms with van der Waals surface area (Å²) >= 11 is 0. The van der Waals surface area contributed by atoms with E-state index in [1.165, 1.54) is 12.8 Å². The Kier molecular flexibility index (Phi) is 8.99. The molecule has 0 bridgehead atoms. The fourth-order valence-corrected chi connectivity index (χ4v) is 2.89. The van der Waals surface area contributed by atoms with Gasteiger partial charge < -0.3 is 15.4 Å². The molecule has 1 heterocycles. The number of hydrogen-bond acceptors (Lipinski definition) is 4. The zero-order valence-electron chi connectivity index (χ0n) is 14.0. The van der Waals surface area contributed by atoms with Crippen molar-refractivity contribution < 1.29 is 9.53 Å². The Morgan fingerprint density at radius 3 is 2.87 bits per heavy atom. The Labute approximate surface area is 145 Å². The van der Waals surface area contributed by atoms with Crippen molar-refractivity contribution in [1.29, 1.82) is 0 Å². The van der Waals surface area contributed by atoms with E-state index in [2.05, 4.69) is 22.5 Å². The van der Waals surface area contributed by atoms with E-state index >= 15 is 0 Å². The van der Waals surface area contributed by atoms with Crippen molar-refractivity contribution >= 4 is 24.0 Å². The maximum atomic E-state index is 12.3. The number of piperidine rings is 1. The van der Waals surface area contributed by atoms with Crippen LogP contribution in [-0.2, 0) is 4.79 Å². The molecular formula is C17H28ClN3O2. The van der Waals surface area contributed by atoms with E-state index in [9.17, 15) is 4.79 Å². The Bertz CT molecular complexity index is 479. The molecule has 1 aliphatic rings. The second-order valence-corrected chi connectivity index (χ2v) is 5.79. The molecule has 0 radical (unpaired) electrons. The number of amides is 1. The van der Waals surface area contributed by atoms with E-state index < -0.39 is 0 Å². The normalized spacial score (nSPS) is 17.4. The van der Waals surface area contributed by atoms with Crippen LogP contribution in [0.15, 0.2) is 24.3 Å². The van der Waals surface area contributed by atoms with Crippen LogP contribution < -0.4 is 15.4 Å². The first kappa shape index (κ1) is 19.7. The van der Waals surface area contributed by atoms with Crippen molar-refractivity contribution in [3.8, 4) is 5.75 Å². The summed E-state index contributed by atoms with van der Waals surface area (Å²) in [6.45, 7) is 6.57. The van der Waals surface area contributed by atoms with Crippen LogP contribution in [0.1, 0.15) is 19.8 Å². The predicted molar refractivity (Wildman–Crippen MR) is 96.6 cm³/mol. The summed E-state index contributed by atoms with van der Waals surface area (Å²) in [6, 6.07) is 7.49. The van der Waals surface area contributed by atoms with E-state index in [1.807, 2.05) is 24.3 Å². The summed E-state index contributed by atoms with van der Waals surface area (Å²) in [5, 5.41) is 6.37. The standard InChI is InChI=1S/C17H27N3O2.ClH/c1-3-20(12-14-7-6-10-18-11-14)13-17(21)19-15-8-4-5-9-16(15)22-2;/h4-5,8-9,14,18H,3,6-7,10-13H2,1-2H3,(H,19,21);1H. The number of anilines is 1. The average Bonchev–Trinajstić information content (AvgIpc) is 2.55. The van der Waals surface area contributed by atoms with Gasteiger partial charge in [-0.15, -0.1) is 12.4 Å². The molecule has 0 aliphatic carbocycles. The second kappa shape index (κ2) is 10.5. The molecule has 2 rings (SSSR count). The first-order valence-corrected chi connectivity index (χ1v) is 8.09. The Hall–Kier alpha value is -1.30. The number of hydrogen-bond donors (Lipinski definition) is 2. The van der Waals surface area contributed by atoms with E-state index in [-0.39, 0.29) is 18.3 Å². The van der Waals surface area contributed by atoms with Gasteiger partial charge in [0.1, 0.15) is 5.75 Å². The molecular weight excluding hydrogens is 314 g/mol. The van der Waals surface area contributed by atoms with Crippen LogP contribution in [0.25, 0.3) is 0 Å².